The molecule has 0 aliphatic carbocycles. The number of para-hydroxylation sites is 4. The third-order valence-corrected chi connectivity index (χ3v) is 12.4. The second kappa shape index (κ2) is 15.3. The SMILES string of the molecule is c1ccc(-c2ccc(-c3ccccc3)c(-n3c4ccccc4c4ccc(N(c5ccccc5)c5ccc(-c6cccc7c6oc6ccccc67)cc5-c5ccccc5)cc43)c2)cc1. The van der Waals surface area contributed by atoms with Crippen molar-refractivity contribution in [3.05, 3.63) is 243 Å². The molecule has 0 N–H and O–H groups in total. The lowest BCUT2D eigenvalue weighted by atomic mass is 9.95. The molecule has 0 atom stereocenters. The summed E-state index contributed by atoms with van der Waals surface area (Å²) in [5.41, 5.74) is 17.5. The normalized spacial score (nSPS) is 11.5. The summed E-state index contributed by atoms with van der Waals surface area (Å²) >= 11 is 0. The van der Waals surface area contributed by atoms with Gasteiger partial charge in [-0.3, -0.25) is 0 Å². The van der Waals surface area contributed by atoms with E-state index in [0.717, 1.165) is 78.0 Å². The second-order valence-corrected chi connectivity index (χ2v) is 16.1. The van der Waals surface area contributed by atoms with Gasteiger partial charge in [0.25, 0.3) is 0 Å². The molecule has 0 fully saturated rings. The highest BCUT2D eigenvalue weighted by atomic mass is 16.3. The van der Waals surface area contributed by atoms with E-state index in [-0.39, 0.29) is 0 Å². The molecule has 63 heavy (non-hydrogen) atoms. The van der Waals surface area contributed by atoms with Crippen molar-refractivity contribution in [2.75, 3.05) is 4.90 Å². The van der Waals surface area contributed by atoms with E-state index in [1.807, 2.05) is 12.1 Å². The predicted octanol–water partition coefficient (Wildman–Crippen LogP) is 16.8. The number of nitrogens with zero attached hydrogens (tertiary/aromatic N) is 2. The molecule has 0 aliphatic heterocycles. The van der Waals surface area contributed by atoms with Crippen molar-refractivity contribution in [2.45, 2.75) is 0 Å². The molecule has 2 aromatic heterocycles. The maximum Gasteiger partial charge on any atom is 0.143 e. The Kier molecular flexibility index (Phi) is 8.83. The zero-order valence-electron chi connectivity index (χ0n) is 34.4. The summed E-state index contributed by atoms with van der Waals surface area (Å²) in [4.78, 5) is 2.41. The fraction of sp³-hybridized carbons (Fsp3) is 0. The van der Waals surface area contributed by atoms with Gasteiger partial charge >= 0.3 is 0 Å². The molecule has 0 radical (unpaired) electrons. The third-order valence-electron chi connectivity index (χ3n) is 12.4. The van der Waals surface area contributed by atoms with Crippen molar-refractivity contribution in [1.29, 1.82) is 0 Å². The van der Waals surface area contributed by atoms with E-state index in [1.54, 1.807) is 0 Å². The van der Waals surface area contributed by atoms with Crippen LogP contribution in [-0.4, -0.2) is 4.57 Å². The van der Waals surface area contributed by atoms with Gasteiger partial charge in [-0.05, 0) is 82.4 Å². The van der Waals surface area contributed by atoms with Gasteiger partial charge in [0.05, 0.1) is 22.4 Å². The smallest absolute Gasteiger partial charge is 0.143 e. The number of aromatic nitrogens is 1. The first-order valence-electron chi connectivity index (χ1n) is 21.5. The number of hydrogen-bond acceptors (Lipinski definition) is 2. The number of hydrogen-bond donors (Lipinski definition) is 0. The second-order valence-electron chi connectivity index (χ2n) is 16.1. The first-order valence-corrected chi connectivity index (χ1v) is 21.5. The van der Waals surface area contributed by atoms with E-state index in [4.69, 9.17) is 4.42 Å². The quantitative estimate of drug-likeness (QED) is 0.153. The number of fused-ring (bicyclic) bond motifs is 6. The van der Waals surface area contributed by atoms with Gasteiger partial charge in [0.1, 0.15) is 11.2 Å². The van der Waals surface area contributed by atoms with Crippen LogP contribution in [0.2, 0.25) is 0 Å². The van der Waals surface area contributed by atoms with Gasteiger partial charge < -0.3 is 13.9 Å². The first kappa shape index (κ1) is 36.5. The van der Waals surface area contributed by atoms with Crippen molar-refractivity contribution >= 4 is 60.8 Å². The summed E-state index contributed by atoms with van der Waals surface area (Å²) in [5, 5.41) is 4.65. The maximum absolute atomic E-state index is 6.57. The fourth-order valence-electron chi connectivity index (χ4n) is 9.47. The van der Waals surface area contributed by atoms with Crippen molar-refractivity contribution in [1.82, 2.24) is 4.57 Å². The molecular formula is C60H40N2O. The van der Waals surface area contributed by atoms with Crippen molar-refractivity contribution < 1.29 is 4.42 Å². The molecule has 0 spiro atoms. The van der Waals surface area contributed by atoms with Gasteiger partial charge in [-0.25, -0.2) is 0 Å². The van der Waals surface area contributed by atoms with Crippen LogP contribution in [0.25, 0.3) is 93.9 Å². The molecule has 2 heterocycles. The van der Waals surface area contributed by atoms with Gasteiger partial charge in [-0.15, -0.1) is 0 Å². The molecule has 0 saturated heterocycles. The molecule has 3 nitrogen and oxygen atoms in total. The summed E-state index contributed by atoms with van der Waals surface area (Å²) in [6.07, 6.45) is 0. The average Bonchev–Trinajstić information content (AvgIpc) is 3.91. The molecule has 0 bridgehead atoms. The lowest BCUT2D eigenvalue weighted by Gasteiger charge is -2.28. The Morgan fingerprint density at radius 3 is 1.68 bits per heavy atom. The Bertz CT molecular complexity index is 3610. The summed E-state index contributed by atoms with van der Waals surface area (Å²) < 4.78 is 9.04. The molecular weight excluding hydrogens is 765 g/mol. The molecule has 0 saturated carbocycles. The minimum atomic E-state index is 0.894. The van der Waals surface area contributed by atoms with Crippen LogP contribution in [0.5, 0.6) is 0 Å². The number of anilines is 3. The summed E-state index contributed by atoms with van der Waals surface area (Å²) in [6.45, 7) is 0. The average molecular weight is 805 g/mol. The zero-order chi connectivity index (χ0) is 41.7. The Morgan fingerprint density at radius 2 is 0.921 bits per heavy atom. The fourth-order valence-corrected chi connectivity index (χ4v) is 9.47. The third kappa shape index (κ3) is 6.29. The Morgan fingerprint density at radius 1 is 0.317 bits per heavy atom. The van der Waals surface area contributed by atoms with Crippen LogP contribution in [0, 0.1) is 0 Å². The Balaban J connectivity index is 1.11. The minimum absolute atomic E-state index is 0.894. The van der Waals surface area contributed by atoms with Gasteiger partial charge in [-0.2, -0.15) is 0 Å². The van der Waals surface area contributed by atoms with Crippen molar-refractivity contribution in [2.24, 2.45) is 0 Å². The molecule has 296 valence electrons. The van der Waals surface area contributed by atoms with E-state index in [2.05, 4.69) is 240 Å². The van der Waals surface area contributed by atoms with Crippen LogP contribution >= 0.6 is 0 Å². The number of benzene rings is 10. The van der Waals surface area contributed by atoms with Crippen LogP contribution in [0.1, 0.15) is 0 Å². The van der Waals surface area contributed by atoms with E-state index in [1.165, 1.54) is 33.0 Å². The van der Waals surface area contributed by atoms with Crippen LogP contribution in [-0.2, 0) is 0 Å². The van der Waals surface area contributed by atoms with Gasteiger partial charge in [0, 0.05) is 49.6 Å². The van der Waals surface area contributed by atoms with Crippen molar-refractivity contribution in [3.8, 4) is 50.2 Å². The number of rotatable bonds is 8. The topological polar surface area (TPSA) is 21.3 Å². The molecule has 0 amide bonds. The van der Waals surface area contributed by atoms with Crippen LogP contribution in [0.15, 0.2) is 247 Å². The van der Waals surface area contributed by atoms with Crippen molar-refractivity contribution in [3.63, 3.8) is 0 Å². The summed E-state index contributed by atoms with van der Waals surface area (Å²) in [7, 11) is 0. The largest absolute Gasteiger partial charge is 0.455 e. The Labute approximate surface area is 366 Å². The zero-order valence-corrected chi connectivity index (χ0v) is 34.4. The lowest BCUT2D eigenvalue weighted by Crippen LogP contribution is -2.11. The van der Waals surface area contributed by atoms with Crippen LogP contribution < -0.4 is 4.90 Å². The first-order chi connectivity index (χ1) is 31.3. The van der Waals surface area contributed by atoms with E-state index in [9.17, 15) is 0 Å². The molecule has 12 aromatic rings. The molecule has 0 unspecified atom stereocenters. The maximum atomic E-state index is 6.57. The minimum Gasteiger partial charge on any atom is -0.455 e. The Hall–Kier alpha value is -8.40. The van der Waals surface area contributed by atoms with E-state index in [0.29, 0.717) is 0 Å². The molecule has 0 aliphatic rings. The standard InChI is InChI=1S/C60H40N2O/c1-5-18-41(19-6-1)44-32-35-48(42-20-7-2-8-21-42)57(39-44)62-55-30-15-13-26-50(55)51-36-34-47(40-58(51)62)61(46-24-11-4-12-25-46)56-37-33-45(38-54(56)43-22-9-3-10-23-43)49-28-17-29-53-52-27-14-16-31-59(52)63-60(49)53/h1-40H. The monoisotopic (exact) mass is 804 g/mol. The van der Waals surface area contributed by atoms with E-state index >= 15 is 0 Å². The highest BCUT2D eigenvalue weighted by molar-refractivity contribution is 6.12. The van der Waals surface area contributed by atoms with Gasteiger partial charge in [0.15, 0.2) is 0 Å². The van der Waals surface area contributed by atoms with Gasteiger partial charge in [0.2, 0.25) is 0 Å². The summed E-state index contributed by atoms with van der Waals surface area (Å²) in [6, 6.07) is 87.2. The number of furan rings is 1. The lowest BCUT2D eigenvalue weighted by molar-refractivity contribution is 0.670. The van der Waals surface area contributed by atoms with E-state index < -0.39 is 0 Å². The van der Waals surface area contributed by atoms with Gasteiger partial charge in [-0.1, -0.05) is 188 Å². The molecule has 3 heteroatoms. The molecule has 10 aromatic carbocycles. The predicted molar refractivity (Wildman–Crippen MR) is 264 cm³/mol. The molecule has 12 rings (SSSR count). The summed E-state index contributed by atoms with van der Waals surface area (Å²) in [5.74, 6) is 0. The highest BCUT2D eigenvalue weighted by Crippen LogP contribution is 2.46. The van der Waals surface area contributed by atoms with Crippen LogP contribution in [0.3, 0.4) is 0 Å². The van der Waals surface area contributed by atoms with Crippen LogP contribution in [0.4, 0.5) is 17.1 Å². The highest BCUT2D eigenvalue weighted by Gasteiger charge is 2.23.